The van der Waals surface area contributed by atoms with Gasteiger partial charge in [0.2, 0.25) is 0 Å². The Balaban J connectivity index is 2.13. The molecule has 7 heteroatoms. The molecule has 0 bridgehead atoms. The molecule has 0 amide bonds. The molecule has 1 saturated heterocycles. The number of halogens is 1. The molecule has 1 atom stereocenters. The van der Waals surface area contributed by atoms with Crippen molar-refractivity contribution in [3.63, 3.8) is 0 Å². The van der Waals surface area contributed by atoms with Crippen LogP contribution in [0.4, 0.5) is 4.39 Å². The van der Waals surface area contributed by atoms with Crippen molar-refractivity contribution in [1.82, 2.24) is 4.90 Å². The lowest BCUT2D eigenvalue weighted by Gasteiger charge is -2.34. The van der Waals surface area contributed by atoms with Gasteiger partial charge in [0.25, 0.3) is 0 Å². The average molecular weight is 301 g/mol. The largest absolute Gasteiger partial charge is 0.481 e. The van der Waals surface area contributed by atoms with E-state index in [9.17, 15) is 17.6 Å². The van der Waals surface area contributed by atoms with Gasteiger partial charge >= 0.3 is 5.97 Å². The predicted molar refractivity (Wildman–Crippen MR) is 71.5 cm³/mol. The van der Waals surface area contributed by atoms with Crippen LogP contribution in [0.5, 0.6) is 0 Å². The van der Waals surface area contributed by atoms with Crippen molar-refractivity contribution in [3.8, 4) is 0 Å². The number of carbonyl (C=O) groups is 1. The Bertz CT molecular complexity index is 602. The minimum atomic E-state index is -3.19. The molecule has 110 valence electrons. The molecular formula is C13H16FNO4S. The molecule has 20 heavy (non-hydrogen) atoms. The standard InChI is InChI=1S/C13H16FNO4S/c14-11-3-1-2-10(6-11)8-15-4-5-20(18,19)9-12(15)7-13(16)17/h1-3,6,12H,4-5,7-9H2,(H,16,17). The summed E-state index contributed by atoms with van der Waals surface area (Å²) in [6.45, 7) is 0.627. The summed E-state index contributed by atoms with van der Waals surface area (Å²) in [5, 5.41) is 8.88. The van der Waals surface area contributed by atoms with Crippen LogP contribution in [0.3, 0.4) is 0 Å². The number of carboxylic acid groups (broad SMARTS) is 1. The zero-order valence-corrected chi connectivity index (χ0v) is 11.6. The van der Waals surface area contributed by atoms with Crippen molar-refractivity contribution >= 4 is 15.8 Å². The first kappa shape index (κ1) is 14.9. The van der Waals surface area contributed by atoms with Crippen LogP contribution in [-0.2, 0) is 21.2 Å². The zero-order chi connectivity index (χ0) is 14.8. The number of rotatable bonds is 4. The third-order valence-corrected chi connectivity index (χ3v) is 5.03. The molecule has 1 heterocycles. The Hall–Kier alpha value is -1.47. The molecule has 0 aliphatic carbocycles. The molecule has 0 saturated carbocycles. The molecule has 5 nitrogen and oxygen atoms in total. The summed E-state index contributed by atoms with van der Waals surface area (Å²) in [5.41, 5.74) is 0.708. The molecule has 0 radical (unpaired) electrons. The van der Waals surface area contributed by atoms with E-state index < -0.39 is 21.8 Å². The smallest absolute Gasteiger partial charge is 0.304 e. The van der Waals surface area contributed by atoms with E-state index in [2.05, 4.69) is 0 Å². The Morgan fingerprint density at radius 2 is 2.20 bits per heavy atom. The number of hydrogen-bond donors (Lipinski definition) is 1. The van der Waals surface area contributed by atoms with E-state index in [0.29, 0.717) is 12.1 Å². The van der Waals surface area contributed by atoms with Crippen LogP contribution in [0.2, 0.25) is 0 Å². The van der Waals surface area contributed by atoms with Gasteiger partial charge in [-0.15, -0.1) is 0 Å². The highest BCUT2D eigenvalue weighted by Gasteiger charge is 2.32. The van der Waals surface area contributed by atoms with Crippen LogP contribution in [-0.4, -0.2) is 48.5 Å². The van der Waals surface area contributed by atoms with Gasteiger partial charge in [0.05, 0.1) is 17.9 Å². The summed E-state index contributed by atoms with van der Waals surface area (Å²) in [6.07, 6.45) is -0.228. The van der Waals surface area contributed by atoms with Gasteiger partial charge in [0, 0.05) is 19.1 Å². The Morgan fingerprint density at radius 3 is 2.85 bits per heavy atom. The van der Waals surface area contributed by atoms with Gasteiger partial charge in [-0.3, -0.25) is 9.69 Å². The SMILES string of the molecule is O=C(O)CC1CS(=O)(=O)CCN1Cc1cccc(F)c1. The third-order valence-electron chi connectivity index (χ3n) is 3.34. The molecule has 0 spiro atoms. The number of nitrogens with zero attached hydrogens (tertiary/aromatic N) is 1. The molecule has 1 N–H and O–H groups in total. The minimum absolute atomic E-state index is 0.0123. The molecule has 1 fully saturated rings. The monoisotopic (exact) mass is 301 g/mol. The number of carboxylic acids is 1. The predicted octanol–water partition coefficient (Wildman–Crippen LogP) is 0.899. The van der Waals surface area contributed by atoms with Crippen LogP contribution in [0.1, 0.15) is 12.0 Å². The molecule has 0 aromatic heterocycles. The fourth-order valence-corrected chi connectivity index (χ4v) is 3.98. The van der Waals surface area contributed by atoms with E-state index in [1.54, 1.807) is 17.0 Å². The summed E-state index contributed by atoms with van der Waals surface area (Å²) >= 11 is 0. The lowest BCUT2D eigenvalue weighted by molar-refractivity contribution is -0.138. The summed E-state index contributed by atoms with van der Waals surface area (Å²) in [7, 11) is -3.19. The second kappa shape index (κ2) is 5.88. The second-order valence-electron chi connectivity index (χ2n) is 4.97. The summed E-state index contributed by atoms with van der Waals surface area (Å²) < 4.78 is 36.4. The van der Waals surface area contributed by atoms with Gasteiger partial charge < -0.3 is 5.11 Å². The highest BCUT2D eigenvalue weighted by Crippen LogP contribution is 2.18. The number of benzene rings is 1. The topological polar surface area (TPSA) is 74.7 Å². The van der Waals surface area contributed by atoms with Crippen LogP contribution >= 0.6 is 0 Å². The van der Waals surface area contributed by atoms with Crippen LogP contribution in [0.15, 0.2) is 24.3 Å². The van der Waals surface area contributed by atoms with Crippen molar-refractivity contribution in [2.75, 3.05) is 18.1 Å². The number of hydrogen-bond acceptors (Lipinski definition) is 4. The first-order valence-corrected chi connectivity index (χ1v) is 8.08. The van der Waals surface area contributed by atoms with E-state index in [1.165, 1.54) is 12.1 Å². The van der Waals surface area contributed by atoms with E-state index >= 15 is 0 Å². The van der Waals surface area contributed by atoms with Gasteiger partial charge in [-0.1, -0.05) is 12.1 Å². The van der Waals surface area contributed by atoms with Crippen molar-refractivity contribution in [1.29, 1.82) is 0 Å². The van der Waals surface area contributed by atoms with E-state index in [-0.39, 0.29) is 30.3 Å². The maximum Gasteiger partial charge on any atom is 0.304 e. The quantitative estimate of drug-likeness (QED) is 0.894. The van der Waals surface area contributed by atoms with Crippen molar-refractivity contribution in [2.45, 2.75) is 19.0 Å². The highest BCUT2D eigenvalue weighted by atomic mass is 32.2. The molecule has 1 aliphatic heterocycles. The number of aliphatic carboxylic acids is 1. The van der Waals surface area contributed by atoms with Crippen molar-refractivity contribution in [2.24, 2.45) is 0 Å². The average Bonchev–Trinajstić information content (AvgIpc) is 2.31. The van der Waals surface area contributed by atoms with Crippen molar-refractivity contribution < 1.29 is 22.7 Å². The molecule has 1 aliphatic rings. The maximum atomic E-state index is 13.1. The summed E-state index contributed by atoms with van der Waals surface area (Å²) in [6, 6.07) is 5.47. The second-order valence-corrected chi connectivity index (χ2v) is 7.20. The molecule has 1 aromatic rings. The Morgan fingerprint density at radius 1 is 1.45 bits per heavy atom. The lowest BCUT2D eigenvalue weighted by atomic mass is 10.1. The van der Waals surface area contributed by atoms with E-state index in [0.717, 1.165) is 0 Å². The first-order valence-electron chi connectivity index (χ1n) is 6.26. The first-order chi connectivity index (χ1) is 9.35. The van der Waals surface area contributed by atoms with E-state index in [1.807, 2.05) is 0 Å². The van der Waals surface area contributed by atoms with Gasteiger partial charge in [0.1, 0.15) is 5.82 Å². The highest BCUT2D eigenvalue weighted by molar-refractivity contribution is 7.91. The fourth-order valence-electron chi connectivity index (χ4n) is 2.39. The van der Waals surface area contributed by atoms with Gasteiger partial charge in [-0.2, -0.15) is 0 Å². The summed E-state index contributed by atoms with van der Waals surface area (Å²) in [4.78, 5) is 12.6. The molecule has 1 unspecified atom stereocenters. The zero-order valence-electron chi connectivity index (χ0n) is 10.8. The van der Waals surface area contributed by atoms with Crippen LogP contribution in [0, 0.1) is 5.82 Å². The van der Waals surface area contributed by atoms with Gasteiger partial charge in [-0.25, -0.2) is 12.8 Å². The van der Waals surface area contributed by atoms with Crippen LogP contribution in [0.25, 0.3) is 0 Å². The molecule has 1 aromatic carbocycles. The van der Waals surface area contributed by atoms with Gasteiger partial charge in [0.15, 0.2) is 9.84 Å². The molecular weight excluding hydrogens is 285 g/mol. The van der Waals surface area contributed by atoms with Crippen molar-refractivity contribution in [3.05, 3.63) is 35.6 Å². The fraction of sp³-hybridized carbons (Fsp3) is 0.462. The summed E-state index contributed by atoms with van der Waals surface area (Å²) in [5.74, 6) is -1.54. The maximum absolute atomic E-state index is 13.1. The van der Waals surface area contributed by atoms with E-state index in [4.69, 9.17) is 5.11 Å². The minimum Gasteiger partial charge on any atom is -0.481 e. The van der Waals surface area contributed by atoms with Crippen LogP contribution < -0.4 is 0 Å². The lowest BCUT2D eigenvalue weighted by Crippen LogP contribution is -2.48. The number of sulfone groups is 1. The Labute approximate surface area is 116 Å². The third kappa shape index (κ3) is 4.01. The van der Waals surface area contributed by atoms with Gasteiger partial charge in [-0.05, 0) is 17.7 Å². The normalized spacial score (nSPS) is 22.6. The Kier molecular flexibility index (Phi) is 4.39. The molecule has 2 rings (SSSR count).